The summed E-state index contributed by atoms with van der Waals surface area (Å²) >= 11 is 8.81. The van der Waals surface area contributed by atoms with Gasteiger partial charge in [0.25, 0.3) is 0 Å². The lowest BCUT2D eigenvalue weighted by Gasteiger charge is -2.20. The number of hydrogen-bond donors (Lipinski definition) is 1. The average molecular weight is 419 g/mol. The van der Waals surface area contributed by atoms with Crippen LogP contribution in [-0.4, -0.2) is 33.3 Å². The molecule has 27 heavy (non-hydrogen) atoms. The van der Waals surface area contributed by atoms with Gasteiger partial charge in [0.15, 0.2) is 4.34 Å². The Bertz CT molecular complexity index is 903. The van der Waals surface area contributed by atoms with Crippen molar-refractivity contribution in [1.29, 1.82) is 0 Å². The van der Waals surface area contributed by atoms with Crippen LogP contribution in [-0.2, 0) is 11.3 Å². The summed E-state index contributed by atoms with van der Waals surface area (Å²) in [6.45, 7) is 2.47. The molecule has 0 aliphatic rings. The van der Waals surface area contributed by atoms with Crippen molar-refractivity contribution in [1.82, 2.24) is 15.1 Å². The molecule has 3 aromatic rings. The second-order valence-corrected chi connectivity index (χ2v) is 8.95. The summed E-state index contributed by atoms with van der Waals surface area (Å²) in [5.41, 5.74) is 1.95. The van der Waals surface area contributed by atoms with Gasteiger partial charge in [-0.1, -0.05) is 71.1 Å². The van der Waals surface area contributed by atoms with Gasteiger partial charge in [0.2, 0.25) is 11.0 Å². The molecule has 5 nitrogen and oxygen atoms in total. The first-order chi connectivity index (χ1) is 13.0. The number of rotatable bonds is 7. The molecule has 1 atom stereocenters. The highest BCUT2D eigenvalue weighted by Gasteiger charge is 2.20. The fourth-order valence-corrected chi connectivity index (χ4v) is 4.67. The highest BCUT2D eigenvalue weighted by atomic mass is 35.5. The molecule has 0 saturated heterocycles. The van der Waals surface area contributed by atoms with Crippen molar-refractivity contribution < 1.29 is 4.79 Å². The maximum Gasteiger partial charge on any atom is 0.235 e. The SMILES string of the molecule is C[C@@H](Sc1nnc(Nc2cccc(Cl)c2)s1)C(=O)N(C)Cc1ccccc1. The Morgan fingerprint density at radius 3 is 2.74 bits per heavy atom. The van der Waals surface area contributed by atoms with Gasteiger partial charge in [0, 0.05) is 24.3 Å². The Morgan fingerprint density at radius 2 is 2.00 bits per heavy atom. The highest BCUT2D eigenvalue weighted by Crippen LogP contribution is 2.31. The molecule has 0 unspecified atom stereocenters. The lowest BCUT2D eigenvalue weighted by molar-refractivity contribution is -0.129. The van der Waals surface area contributed by atoms with Crippen LogP contribution in [0.4, 0.5) is 10.8 Å². The monoisotopic (exact) mass is 418 g/mol. The Kier molecular flexibility index (Phi) is 6.71. The summed E-state index contributed by atoms with van der Waals surface area (Å²) in [6.07, 6.45) is 0. The number of carbonyl (C=O) groups is 1. The van der Waals surface area contributed by atoms with E-state index in [2.05, 4.69) is 15.5 Å². The molecule has 3 rings (SSSR count). The Hall–Kier alpha value is -2.09. The molecule has 0 aliphatic carbocycles. The zero-order valence-corrected chi connectivity index (χ0v) is 17.3. The molecular formula is C19H19ClN4OS2. The standard InChI is InChI=1S/C19H19ClN4OS2/c1-13(17(25)24(2)12-14-7-4-3-5-8-14)26-19-23-22-18(27-19)21-16-10-6-9-15(20)11-16/h3-11,13H,12H2,1-2H3,(H,21,22)/t13-/m1/s1. The van der Waals surface area contributed by atoms with E-state index in [9.17, 15) is 4.79 Å². The average Bonchev–Trinajstić information content (AvgIpc) is 3.08. The molecule has 0 saturated carbocycles. The van der Waals surface area contributed by atoms with E-state index in [1.165, 1.54) is 23.1 Å². The van der Waals surface area contributed by atoms with E-state index in [0.717, 1.165) is 15.6 Å². The quantitative estimate of drug-likeness (QED) is 0.542. The maximum absolute atomic E-state index is 12.6. The van der Waals surface area contributed by atoms with E-state index < -0.39 is 0 Å². The lowest BCUT2D eigenvalue weighted by atomic mass is 10.2. The molecule has 0 spiro atoms. The van der Waals surface area contributed by atoms with Crippen LogP contribution in [0.25, 0.3) is 0 Å². The first kappa shape index (κ1) is 19.7. The van der Waals surface area contributed by atoms with E-state index in [0.29, 0.717) is 16.7 Å². The zero-order chi connectivity index (χ0) is 19.2. The fraction of sp³-hybridized carbons (Fsp3) is 0.211. The van der Waals surface area contributed by atoms with Crippen molar-refractivity contribution in [3.63, 3.8) is 0 Å². The molecule has 0 bridgehead atoms. The summed E-state index contributed by atoms with van der Waals surface area (Å²) in [6, 6.07) is 17.3. The number of aromatic nitrogens is 2. The summed E-state index contributed by atoms with van der Waals surface area (Å²) in [5, 5.41) is 12.5. The van der Waals surface area contributed by atoms with Crippen LogP contribution in [0.3, 0.4) is 0 Å². The van der Waals surface area contributed by atoms with Gasteiger partial charge < -0.3 is 10.2 Å². The minimum Gasteiger partial charge on any atom is -0.340 e. The first-order valence-electron chi connectivity index (χ1n) is 8.33. The third-order valence-corrected chi connectivity index (χ3v) is 5.99. The number of thioether (sulfide) groups is 1. The van der Waals surface area contributed by atoms with Crippen LogP contribution in [0.15, 0.2) is 58.9 Å². The normalized spacial score (nSPS) is 11.8. The van der Waals surface area contributed by atoms with Crippen LogP contribution in [0, 0.1) is 0 Å². The van der Waals surface area contributed by atoms with Crippen LogP contribution in [0.1, 0.15) is 12.5 Å². The topological polar surface area (TPSA) is 58.1 Å². The molecule has 140 valence electrons. The van der Waals surface area contributed by atoms with Gasteiger partial charge in [0.1, 0.15) is 0 Å². The molecule has 0 radical (unpaired) electrons. The number of benzene rings is 2. The molecule has 1 N–H and O–H groups in total. The van der Waals surface area contributed by atoms with Crippen molar-refractivity contribution >= 4 is 51.4 Å². The van der Waals surface area contributed by atoms with Crippen LogP contribution < -0.4 is 5.32 Å². The minimum absolute atomic E-state index is 0.0587. The van der Waals surface area contributed by atoms with Crippen molar-refractivity contribution in [2.45, 2.75) is 23.1 Å². The molecule has 8 heteroatoms. The Morgan fingerprint density at radius 1 is 1.22 bits per heavy atom. The van der Waals surface area contributed by atoms with Crippen LogP contribution >= 0.6 is 34.7 Å². The number of amides is 1. The van der Waals surface area contributed by atoms with Crippen molar-refractivity contribution in [2.75, 3.05) is 12.4 Å². The number of halogens is 1. The predicted molar refractivity (Wildman–Crippen MR) is 113 cm³/mol. The van der Waals surface area contributed by atoms with E-state index in [4.69, 9.17) is 11.6 Å². The summed E-state index contributed by atoms with van der Waals surface area (Å²) in [4.78, 5) is 14.4. The molecule has 1 heterocycles. The van der Waals surface area contributed by atoms with Crippen LogP contribution in [0.2, 0.25) is 5.02 Å². The van der Waals surface area contributed by atoms with Gasteiger partial charge in [-0.15, -0.1) is 10.2 Å². The van der Waals surface area contributed by atoms with Gasteiger partial charge >= 0.3 is 0 Å². The smallest absolute Gasteiger partial charge is 0.235 e. The van der Waals surface area contributed by atoms with E-state index in [-0.39, 0.29) is 11.2 Å². The molecule has 1 aromatic heterocycles. The largest absolute Gasteiger partial charge is 0.340 e. The number of hydrogen-bond acceptors (Lipinski definition) is 6. The van der Waals surface area contributed by atoms with Crippen molar-refractivity contribution in [3.8, 4) is 0 Å². The van der Waals surface area contributed by atoms with E-state index in [1.807, 2.05) is 68.6 Å². The summed E-state index contributed by atoms with van der Waals surface area (Å²) in [7, 11) is 1.82. The van der Waals surface area contributed by atoms with E-state index in [1.54, 1.807) is 4.90 Å². The molecule has 0 fully saturated rings. The Balaban J connectivity index is 1.56. The van der Waals surface area contributed by atoms with Crippen molar-refractivity contribution in [2.24, 2.45) is 0 Å². The molecular weight excluding hydrogens is 400 g/mol. The second-order valence-electron chi connectivity index (χ2n) is 5.95. The Labute approximate surface area is 171 Å². The van der Waals surface area contributed by atoms with Gasteiger partial charge in [-0.25, -0.2) is 0 Å². The molecule has 1 amide bonds. The van der Waals surface area contributed by atoms with E-state index >= 15 is 0 Å². The summed E-state index contributed by atoms with van der Waals surface area (Å²) in [5.74, 6) is 0.0587. The fourth-order valence-electron chi connectivity index (χ4n) is 2.44. The lowest BCUT2D eigenvalue weighted by Crippen LogP contribution is -2.32. The number of nitrogens with one attached hydrogen (secondary N) is 1. The van der Waals surface area contributed by atoms with Gasteiger partial charge in [-0.2, -0.15) is 0 Å². The number of carbonyl (C=O) groups excluding carboxylic acids is 1. The predicted octanol–water partition coefficient (Wildman–Crippen LogP) is 5.07. The maximum atomic E-state index is 12.6. The van der Waals surface area contributed by atoms with Gasteiger partial charge in [-0.05, 0) is 30.7 Å². The summed E-state index contributed by atoms with van der Waals surface area (Å²) < 4.78 is 0.744. The molecule has 2 aromatic carbocycles. The number of anilines is 2. The third kappa shape index (κ3) is 5.69. The van der Waals surface area contributed by atoms with Gasteiger partial charge in [0.05, 0.1) is 5.25 Å². The van der Waals surface area contributed by atoms with Gasteiger partial charge in [-0.3, -0.25) is 4.79 Å². The zero-order valence-electron chi connectivity index (χ0n) is 14.9. The molecule has 0 aliphatic heterocycles. The van der Waals surface area contributed by atoms with Crippen molar-refractivity contribution in [3.05, 3.63) is 65.2 Å². The van der Waals surface area contributed by atoms with Crippen LogP contribution in [0.5, 0.6) is 0 Å². The number of nitrogens with zero attached hydrogens (tertiary/aromatic N) is 3. The minimum atomic E-state index is -0.245. The second kappa shape index (κ2) is 9.21. The first-order valence-corrected chi connectivity index (χ1v) is 10.4. The third-order valence-electron chi connectivity index (χ3n) is 3.75. The highest BCUT2D eigenvalue weighted by molar-refractivity contribution is 8.02.